The number of rotatable bonds is 3. The first-order chi connectivity index (χ1) is 9.65. The van der Waals surface area contributed by atoms with Crippen molar-refractivity contribution in [3.05, 3.63) is 33.8 Å². The summed E-state index contributed by atoms with van der Waals surface area (Å²) in [6.45, 7) is 0. The van der Waals surface area contributed by atoms with Crippen molar-refractivity contribution in [1.82, 2.24) is 4.90 Å². The quantitative estimate of drug-likeness (QED) is 0.698. The van der Waals surface area contributed by atoms with E-state index in [1.54, 1.807) is 0 Å². The number of hydrogen-bond donors (Lipinski definition) is 0. The van der Waals surface area contributed by atoms with Gasteiger partial charge in [-0.2, -0.15) is 0 Å². The Kier molecular flexibility index (Phi) is 4.31. The second kappa shape index (κ2) is 5.87. The van der Waals surface area contributed by atoms with E-state index in [2.05, 4.69) is 18.0 Å². The molecule has 1 aromatic carbocycles. The second-order valence-electron chi connectivity index (χ2n) is 6.39. The zero-order valence-electron chi connectivity index (χ0n) is 12.2. The van der Waals surface area contributed by atoms with Gasteiger partial charge in [-0.25, -0.2) is 0 Å². The van der Waals surface area contributed by atoms with E-state index in [1.807, 2.05) is 12.1 Å². The maximum absolute atomic E-state index is 6.51. The van der Waals surface area contributed by atoms with Crippen LogP contribution in [0.3, 0.4) is 0 Å². The van der Waals surface area contributed by atoms with Gasteiger partial charge in [-0.15, -0.1) is 0 Å². The molecule has 0 radical (unpaired) electrons. The molecule has 0 heterocycles. The van der Waals surface area contributed by atoms with E-state index in [9.17, 15) is 0 Å². The SMILES string of the molecule is CN(C1CCCCC1)C1(c2cccc(Cl)c2Cl)CCC1. The largest absolute Gasteiger partial charge is 0.294 e. The molecule has 2 aliphatic carbocycles. The van der Waals surface area contributed by atoms with Crippen molar-refractivity contribution in [1.29, 1.82) is 0 Å². The molecule has 0 aromatic heterocycles. The number of hydrogen-bond acceptors (Lipinski definition) is 1. The lowest BCUT2D eigenvalue weighted by molar-refractivity contribution is -0.0115. The molecule has 0 atom stereocenters. The van der Waals surface area contributed by atoms with Crippen molar-refractivity contribution in [3.8, 4) is 0 Å². The fraction of sp³-hybridized carbons (Fsp3) is 0.647. The third-order valence-electron chi connectivity index (χ3n) is 5.43. The molecular weight excluding hydrogens is 289 g/mol. The zero-order chi connectivity index (χ0) is 14.2. The highest BCUT2D eigenvalue weighted by atomic mass is 35.5. The minimum atomic E-state index is 0.129. The van der Waals surface area contributed by atoms with Gasteiger partial charge in [-0.05, 0) is 50.8 Å². The van der Waals surface area contributed by atoms with Gasteiger partial charge in [0.2, 0.25) is 0 Å². The molecule has 2 saturated carbocycles. The Labute approximate surface area is 132 Å². The van der Waals surface area contributed by atoms with Gasteiger partial charge in [-0.3, -0.25) is 4.90 Å². The van der Waals surface area contributed by atoms with Crippen molar-refractivity contribution in [2.45, 2.75) is 62.9 Å². The molecule has 0 spiro atoms. The fourth-order valence-corrected chi connectivity index (χ4v) is 4.48. The van der Waals surface area contributed by atoms with Gasteiger partial charge < -0.3 is 0 Å². The van der Waals surface area contributed by atoms with Crippen molar-refractivity contribution in [3.63, 3.8) is 0 Å². The summed E-state index contributed by atoms with van der Waals surface area (Å²) in [6, 6.07) is 6.81. The predicted octanol–water partition coefficient (Wildman–Crippen LogP) is 5.64. The summed E-state index contributed by atoms with van der Waals surface area (Å²) in [5.74, 6) is 0. The Bertz CT molecular complexity index is 476. The molecular formula is C17H23Cl2N. The maximum atomic E-state index is 6.51. The molecule has 3 rings (SSSR count). The molecule has 0 bridgehead atoms. The van der Waals surface area contributed by atoms with Crippen LogP contribution >= 0.6 is 23.2 Å². The normalized spacial score (nSPS) is 22.8. The van der Waals surface area contributed by atoms with Crippen LogP contribution in [0.5, 0.6) is 0 Å². The number of nitrogens with zero attached hydrogens (tertiary/aromatic N) is 1. The molecule has 0 saturated heterocycles. The second-order valence-corrected chi connectivity index (χ2v) is 7.17. The topological polar surface area (TPSA) is 3.24 Å². The molecule has 0 unspecified atom stereocenters. The van der Waals surface area contributed by atoms with Crippen LogP contribution in [0.25, 0.3) is 0 Å². The van der Waals surface area contributed by atoms with Crippen molar-refractivity contribution in [2.75, 3.05) is 7.05 Å². The van der Waals surface area contributed by atoms with E-state index in [1.165, 1.54) is 56.9 Å². The summed E-state index contributed by atoms with van der Waals surface area (Å²) in [6.07, 6.45) is 10.5. The Hall–Kier alpha value is -0.240. The highest BCUT2D eigenvalue weighted by Gasteiger charge is 2.46. The molecule has 1 nitrogen and oxygen atoms in total. The molecule has 2 aliphatic rings. The van der Waals surface area contributed by atoms with Crippen LogP contribution in [0.15, 0.2) is 18.2 Å². The van der Waals surface area contributed by atoms with Crippen LogP contribution in [0.1, 0.15) is 56.9 Å². The van der Waals surface area contributed by atoms with Crippen LogP contribution in [-0.2, 0) is 5.54 Å². The van der Waals surface area contributed by atoms with Gasteiger partial charge in [0.05, 0.1) is 10.0 Å². The van der Waals surface area contributed by atoms with Gasteiger partial charge in [0.25, 0.3) is 0 Å². The smallest absolute Gasteiger partial charge is 0.0643 e. The lowest BCUT2D eigenvalue weighted by atomic mass is 9.69. The predicted molar refractivity (Wildman–Crippen MR) is 86.6 cm³/mol. The van der Waals surface area contributed by atoms with Gasteiger partial charge in [-0.1, -0.05) is 54.6 Å². The standard InChI is InChI=1S/C17H23Cl2N/c1-20(13-7-3-2-4-8-13)17(11-6-12-17)14-9-5-10-15(18)16(14)19/h5,9-10,13H,2-4,6-8,11-12H2,1H3. The Morgan fingerprint density at radius 2 is 1.75 bits per heavy atom. The van der Waals surface area contributed by atoms with Crippen molar-refractivity contribution >= 4 is 23.2 Å². The van der Waals surface area contributed by atoms with Gasteiger partial charge >= 0.3 is 0 Å². The van der Waals surface area contributed by atoms with Gasteiger partial charge in [0.15, 0.2) is 0 Å². The Balaban J connectivity index is 1.92. The minimum absolute atomic E-state index is 0.129. The molecule has 0 amide bonds. The maximum Gasteiger partial charge on any atom is 0.0643 e. The van der Waals surface area contributed by atoms with Crippen LogP contribution < -0.4 is 0 Å². The molecule has 20 heavy (non-hydrogen) atoms. The van der Waals surface area contributed by atoms with E-state index in [0.717, 1.165) is 5.02 Å². The van der Waals surface area contributed by atoms with Crippen LogP contribution in [0.2, 0.25) is 10.0 Å². The molecule has 0 N–H and O–H groups in total. The molecule has 3 heteroatoms. The van der Waals surface area contributed by atoms with E-state index in [-0.39, 0.29) is 5.54 Å². The van der Waals surface area contributed by atoms with Crippen LogP contribution in [0.4, 0.5) is 0 Å². The zero-order valence-corrected chi connectivity index (χ0v) is 13.7. The summed E-state index contributed by atoms with van der Waals surface area (Å²) in [7, 11) is 2.30. The molecule has 2 fully saturated rings. The Morgan fingerprint density at radius 3 is 2.35 bits per heavy atom. The Morgan fingerprint density at radius 1 is 1.05 bits per heavy atom. The van der Waals surface area contributed by atoms with E-state index >= 15 is 0 Å². The average molecular weight is 312 g/mol. The van der Waals surface area contributed by atoms with E-state index in [0.29, 0.717) is 11.1 Å². The number of halogens is 2. The van der Waals surface area contributed by atoms with Crippen LogP contribution in [-0.4, -0.2) is 18.0 Å². The summed E-state index contributed by atoms with van der Waals surface area (Å²) in [4.78, 5) is 2.62. The van der Waals surface area contributed by atoms with Crippen molar-refractivity contribution in [2.24, 2.45) is 0 Å². The average Bonchev–Trinajstić information content (AvgIpc) is 2.43. The minimum Gasteiger partial charge on any atom is -0.294 e. The monoisotopic (exact) mass is 311 g/mol. The van der Waals surface area contributed by atoms with Crippen LogP contribution in [0, 0.1) is 0 Å². The summed E-state index contributed by atoms with van der Waals surface area (Å²) in [5, 5.41) is 1.45. The molecule has 110 valence electrons. The molecule has 0 aliphatic heterocycles. The summed E-state index contributed by atoms with van der Waals surface area (Å²) in [5.41, 5.74) is 1.37. The first kappa shape index (κ1) is 14.7. The summed E-state index contributed by atoms with van der Waals surface area (Å²) < 4.78 is 0. The first-order valence-corrected chi connectivity index (χ1v) is 8.58. The number of benzene rings is 1. The lowest BCUT2D eigenvalue weighted by Gasteiger charge is -2.53. The van der Waals surface area contributed by atoms with E-state index in [4.69, 9.17) is 23.2 Å². The van der Waals surface area contributed by atoms with Gasteiger partial charge in [0.1, 0.15) is 0 Å². The summed E-state index contributed by atoms with van der Waals surface area (Å²) >= 11 is 12.8. The third-order valence-corrected chi connectivity index (χ3v) is 6.25. The highest BCUT2D eigenvalue weighted by molar-refractivity contribution is 6.42. The highest BCUT2D eigenvalue weighted by Crippen LogP contribution is 2.51. The third kappa shape index (κ3) is 2.38. The van der Waals surface area contributed by atoms with E-state index < -0.39 is 0 Å². The lowest BCUT2D eigenvalue weighted by Crippen LogP contribution is -2.54. The fourth-order valence-electron chi connectivity index (χ4n) is 4.00. The van der Waals surface area contributed by atoms with Crippen molar-refractivity contribution < 1.29 is 0 Å². The van der Waals surface area contributed by atoms with Gasteiger partial charge in [0, 0.05) is 11.6 Å². The first-order valence-electron chi connectivity index (χ1n) is 7.82. The molecule has 1 aromatic rings.